The summed E-state index contributed by atoms with van der Waals surface area (Å²) in [4.78, 5) is 37.9. The summed E-state index contributed by atoms with van der Waals surface area (Å²) in [5.41, 5.74) is 1.25. The molecule has 1 aromatic heterocycles. The molecule has 0 unspecified atom stereocenters. The third-order valence-electron chi connectivity index (χ3n) is 7.66. The summed E-state index contributed by atoms with van der Waals surface area (Å²) in [6.07, 6.45) is 6.76. The van der Waals surface area contributed by atoms with Gasteiger partial charge < -0.3 is 19.4 Å². The number of rotatable bonds is 5. The van der Waals surface area contributed by atoms with Crippen LogP contribution < -0.4 is 4.90 Å². The zero-order valence-electron chi connectivity index (χ0n) is 20.5. The van der Waals surface area contributed by atoms with Crippen molar-refractivity contribution in [3.05, 3.63) is 23.9 Å². The van der Waals surface area contributed by atoms with Crippen LogP contribution in [0.15, 0.2) is 18.3 Å². The molecule has 3 amide bonds. The van der Waals surface area contributed by atoms with Crippen molar-refractivity contribution in [3.63, 3.8) is 0 Å². The van der Waals surface area contributed by atoms with E-state index in [9.17, 15) is 9.59 Å². The number of aromatic nitrogens is 1. The fourth-order valence-electron chi connectivity index (χ4n) is 5.75. The minimum absolute atomic E-state index is 0.0100. The highest BCUT2D eigenvalue weighted by Crippen LogP contribution is 2.46. The number of fused-ring (bicyclic) bond motifs is 2. The van der Waals surface area contributed by atoms with Gasteiger partial charge in [0.2, 0.25) is 0 Å². The summed E-state index contributed by atoms with van der Waals surface area (Å²) >= 11 is 0. The monoisotopic (exact) mass is 457 g/mol. The second-order valence-corrected chi connectivity index (χ2v) is 9.88. The van der Waals surface area contributed by atoms with E-state index < -0.39 is 0 Å². The maximum Gasteiger partial charge on any atom is 0.409 e. The molecule has 33 heavy (non-hydrogen) atoms. The number of carbonyl (C=O) groups excluding carboxylic acids is 2. The van der Waals surface area contributed by atoms with Gasteiger partial charge in [-0.05, 0) is 64.1 Å². The molecule has 0 atom stereocenters. The zero-order chi connectivity index (χ0) is 23.4. The Morgan fingerprint density at radius 1 is 1.18 bits per heavy atom. The lowest BCUT2D eigenvalue weighted by molar-refractivity contribution is 0.0798. The molecule has 8 heteroatoms. The van der Waals surface area contributed by atoms with Crippen LogP contribution in [0.1, 0.15) is 51.5 Å². The number of urea groups is 1. The first kappa shape index (κ1) is 23.8. The largest absolute Gasteiger partial charge is 0.450 e. The number of pyridine rings is 1. The lowest BCUT2D eigenvalue weighted by Crippen LogP contribution is -2.49. The Morgan fingerprint density at radius 2 is 1.91 bits per heavy atom. The second-order valence-electron chi connectivity index (χ2n) is 9.88. The van der Waals surface area contributed by atoms with Gasteiger partial charge in [-0.1, -0.05) is 13.0 Å². The summed E-state index contributed by atoms with van der Waals surface area (Å²) in [5, 5.41) is 0. The van der Waals surface area contributed by atoms with Gasteiger partial charge in [0.05, 0.1) is 6.61 Å². The normalized spacial score (nSPS) is 20.7. The molecule has 0 saturated carbocycles. The lowest BCUT2D eigenvalue weighted by Gasteiger charge is -2.42. The van der Waals surface area contributed by atoms with Crippen molar-refractivity contribution in [2.45, 2.75) is 51.4 Å². The van der Waals surface area contributed by atoms with Gasteiger partial charge >= 0.3 is 12.1 Å². The van der Waals surface area contributed by atoms with Gasteiger partial charge in [-0.3, -0.25) is 4.90 Å². The molecule has 4 rings (SSSR count). The first-order valence-electron chi connectivity index (χ1n) is 12.6. The fourth-order valence-corrected chi connectivity index (χ4v) is 5.75. The third kappa shape index (κ3) is 4.95. The number of carbonyl (C=O) groups is 2. The maximum absolute atomic E-state index is 13.1. The molecule has 3 aliphatic heterocycles. The Balaban J connectivity index is 1.34. The summed E-state index contributed by atoms with van der Waals surface area (Å²) in [6.45, 7) is 10.6. The molecule has 0 aromatic carbocycles. The van der Waals surface area contributed by atoms with E-state index in [1.54, 1.807) is 6.20 Å². The van der Waals surface area contributed by atoms with Gasteiger partial charge in [0, 0.05) is 56.9 Å². The number of likely N-dealkylation sites (tertiary alicyclic amines) is 2. The highest BCUT2D eigenvalue weighted by atomic mass is 16.6. The van der Waals surface area contributed by atoms with E-state index in [-0.39, 0.29) is 17.5 Å². The van der Waals surface area contributed by atoms with Gasteiger partial charge in [0.25, 0.3) is 0 Å². The number of piperidine rings is 2. The van der Waals surface area contributed by atoms with Gasteiger partial charge in [0.15, 0.2) is 0 Å². The first-order valence-corrected chi connectivity index (χ1v) is 12.6. The summed E-state index contributed by atoms with van der Waals surface area (Å²) < 4.78 is 5.14. The van der Waals surface area contributed by atoms with Crippen molar-refractivity contribution < 1.29 is 14.3 Å². The minimum Gasteiger partial charge on any atom is -0.450 e. The summed E-state index contributed by atoms with van der Waals surface area (Å²) in [6, 6.07) is 4.24. The Kier molecular flexibility index (Phi) is 7.41. The zero-order valence-corrected chi connectivity index (χ0v) is 20.5. The number of nitrogens with zero attached hydrogens (tertiary/aromatic N) is 5. The van der Waals surface area contributed by atoms with Crippen molar-refractivity contribution in [2.24, 2.45) is 5.92 Å². The summed E-state index contributed by atoms with van der Waals surface area (Å²) in [5.74, 6) is 1.48. The predicted molar refractivity (Wildman–Crippen MR) is 129 cm³/mol. The second kappa shape index (κ2) is 10.3. The molecule has 1 aromatic rings. The smallest absolute Gasteiger partial charge is 0.409 e. The molecule has 1 spiro atoms. The molecule has 0 N–H and O–H groups in total. The average molecular weight is 458 g/mol. The molecule has 182 valence electrons. The van der Waals surface area contributed by atoms with Gasteiger partial charge in [-0.2, -0.15) is 0 Å². The molecular formula is C25H39N5O3. The number of hydrogen-bond acceptors (Lipinski definition) is 5. The van der Waals surface area contributed by atoms with Crippen LogP contribution in [0.2, 0.25) is 0 Å². The molecule has 4 heterocycles. The van der Waals surface area contributed by atoms with Crippen LogP contribution in [-0.2, 0) is 10.2 Å². The van der Waals surface area contributed by atoms with Crippen molar-refractivity contribution in [1.82, 2.24) is 19.7 Å². The van der Waals surface area contributed by atoms with Crippen molar-refractivity contribution in [3.8, 4) is 0 Å². The van der Waals surface area contributed by atoms with Crippen LogP contribution in [-0.4, -0.2) is 91.3 Å². The van der Waals surface area contributed by atoms with Crippen LogP contribution in [0.25, 0.3) is 0 Å². The SMILES string of the molecule is CCCN(C)C(=O)N1CC2(CCN(CC3CCN(C(=O)OCC)CC3)CC2)c2cccnc21. The highest BCUT2D eigenvalue weighted by Gasteiger charge is 2.47. The highest BCUT2D eigenvalue weighted by molar-refractivity contribution is 5.93. The Labute approximate surface area is 197 Å². The molecule has 0 bridgehead atoms. The van der Waals surface area contributed by atoms with Crippen LogP contribution in [0, 0.1) is 5.92 Å². The Morgan fingerprint density at radius 3 is 2.58 bits per heavy atom. The Bertz CT molecular complexity index is 831. The van der Waals surface area contributed by atoms with Crippen molar-refractivity contribution >= 4 is 17.9 Å². The average Bonchev–Trinajstić information content (AvgIpc) is 3.15. The minimum atomic E-state index is -0.173. The number of anilines is 1. The molecule has 8 nitrogen and oxygen atoms in total. The third-order valence-corrected chi connectivity index (χ3v) is 7.66. The van der Waals surface area contributed by atoms with Crippen LogP contribution in [0.3, 0.4) is 0 Å². The van der Waals surface area contributed by atoms with E-state index >= 15 is 0 Å². The first-order chi connectivity index (χ1) is 16.0. The van der Waals surface area contributed by atoms with Gasteiger partial charge in [-0.25, -0.2) is 14.6 Å². The summed E-state index contributed by atoms with van der Waals surface area (Å²) in [7, 11) is 1.88. The number of hydrogen-bond donors (Lipinski definition) is 0. The molecular weight excluding hydrogens is 418 g/mol. The van der Waals surface area contributed by atoms with Gasteiger partial charge in [-0.15, -0.1) is 0 Å². The van der Waals surface area contributed by atoms with E-state index in [0.717, 1.165) is 83.7 Å². The van der Waals surface area contributed by atoms with Crippen LogP contribution in [0.5, 0.6) is 0 Å². The maximum atomic E-state index is 13.1. The fraction of sp³-hybridized carbons (Fsp3) is 0.720. The molecule has 0 aliphatic carbocycles. The number of ether oxygens (including phenoxy) is 1. The number of amides is 3. The predicted octanol–water partition coefficient (Wildman–Crippen LogP) is 3.57. The van der Waals surface area contributed by atoms with Crippen molar-refractivity contribution in [2.75, 3.05) is 64.4 Å². The van der Waals surface area contributed by atoms with E-state index in [2.05, 4.69) is 22.9 Å². The molecule has 3 aliphatic rings. The standard InChI is InChI=1S/C25H39N5O3/c1-4-13-27(3)23(31)30-19-25(21-7-6-12-26-22(21)30)10-16-28(17-11-25)18-20-8-14-29(15-9-20)24(32)33-5-2/h6-7,12,20H,4-5,8-11,13-19H2,1-3H3. The van der Waals surface area contributed by atoms with Crippen LogP contribution >= 0.6 is 0 Å². The van der Waals surface area contributed by atoms with E-state index in [0.29, 0.717) is 12.5 Å². The molecule has 2 fully saturated rings. The topological polar surface area (TPSA) is 69.2 Å². The Hall–Kier alpha value is -2.35. The van der Waals surface area contributed by atoms with E-state index in [4.69, 9.17) is 4.74 Å². The van der Waals surface area contributed by atoms with Crippen LogP contribution in [0.4, 0.5) is 15.4 Å². The molecule has 0 radical (unpaired) electrons. The molecule has 2 saturated heterocycles. The van der Waals surface area contributed by atoms with E-state index in [1.165, 1.54) is 5.56 Å². The van der Waals surface area contributed by atoms with Crippen molar-refractivity contribution in [1.29, 1.82) is 0 Å². The lowest BCUT2D eigenvalue weighted by atomic mass is 9.74. The quantitative estimate of drug-likeness (QED) is 0.676. The van der Waals surface area contributed by atoms with Gasteiger partial charge in [0.1, 0.15) is 5.82 Å². The van der Waals surface area contributed by atoms with E-state index in [1.807, 2.05) is 34.7 Å².